The van der Waals surface area contributed by atoms with Crippen LogP contribution in [0.4, 0.5) is 5.13 Å². The number of aryl methyl sites for hydroxylation is 1. The molecule has 1 saturated carbocycles. The third-order valence-electron chi connectivity index (χ3n) is 4.29. The molecule has 0 radical (unpaired) electrons. The van der Waals surface area contributed by atoms with Crippen LogP contribution >= 0.6 is 11.3 Å². The Morgan fingerprint density at radius 1 is 1.32 bits per heavy atom. The van der Waals surface area contributed by atoms with Crippen LogP contribution in [-0.2, 0) is 0 Å². The van der Waals surface area contributed by atoms with Gasteiger partial charge in [0.15, 0.2) is 5.13 Å². The van der Waals surface area contributed by atoms with Crippen LogP contribution in [0.25, 0.3) is 10.2 Å². The molecule has 2 atom stereocenters. The highest BCUT2D eigenvalue weighted by atomic mass is 32.1. The molecule has 0 spiro atoms. The molecule has 2 unspecified atom stereocenters. The van der Waals surface area contributed by atoms with Crippen molar-refractivity contribution in [2.24, 2.45) is 5.92 Å². The Hall–Kier alpha value is -1.09. The first-order valence-corrected chi connectivity index (χ1v) is 8.21. The zero-order valence-corrected chi connectivity index (χ0v) is 12.6. The van der Waals surface area contributed by atoms with Crippen molar-refractivity contribution >= 4 is 26.7 Å². The van der Waals surface area contributed by atoms with E-state index in [0.717, 1.165) is 16.6 Å². The van der Waals surface area contributed by atoms with Crippen molar-refractivity contribution in [1.29, 1.82) is 0 Å². The topological polar surface area (TPSA) is 24.9 Å². The molecule has 0 bridgehead atoms. The maximum atomic E-state index is 4.74. The number of nitrogens with zero attached hydrogens (tertiary/aromatic N) is 1. The zero-order valence-electron chi connectivity index (χ0n) is 11.8. The molecule has 0 aliphatic heterocycles. The Morgan fingerprint density at radius 3 is 3.00 bits per heavy atom. The van der Waals surface area contributed by atoms with Crippen LogP contribution in [0.5, 0.6) is 0 Å². The predicted molar refractivity (Wildman–Crippen MR) is 84.0 cm³/mol. The summed E-state index contributed by atoms with van der Waals surface area (Å²) < 4.78 is 1.29. The van der Waals surface area contributed by atoms with Gasteiger partial charge < -0.3 is 5.32 Å². The molecule has 1 fully saturated rings. The number of hydrogen-bond donors (Lipinski definition) is 1. The molecule has 19 heavy (non-hydrogen) atoms. The number of thiazole rings is 1. The summed E-state index contributed by atoms with van der Waals surface area (Å²) in [6, 6.07) is 7.15. The molecular weight excluding hydrogens is 252 g/mol. The van der Waals surface area contributed by atoms with Crippen LogP contribution in [0.2, 0.25) is 0 Å². The Balaban J connectivity index is 1.80. The number of aromatic nitrogens is 1. The Kier molecular flexibility index (Phi) is 3.74. The van der Waals surface area contributed by atoms with E-state index in [2.05, 4.69) is 37.4 Å². The van der Waals surface area contributed by atoms with E-state index in [0.29, 0.717) is 6.04 Å². The van der Waals surface area contributed by atoms with E-state index in [9.17, 15) is 0 Å². The SMILES string of the molecule is CCC1CCCCC1Nc1nc2cc(C)ccc2s1. The van der Waals surface area contributed by atoms with Crippen molar-refractivity contribution in [3.63, 3.8) is 0 Å². The maximum absolute atomic E-state index is 4.74. The average molecular weight is 274 g/mol. The smallest absolute Gasteiger partial charge is 0.184 e. The normalized spacial score (nSPS) is 23.7. The number of benzene rings is 1. The largest absolute Gasteiger partial charge is 0.358 e. The van der Waals surface area contributed by atoms with Gasteiger partial charge in [-0.1, -0.05) is 43.6 Å². The first kappa shape index (κ1) is 12.9. The number of nitrogens with one attached hydrogen (secondary N) is 1. The Morgan fingerprint density at radius 2 is 2.16 bits per heavy atom. The average Bonchev–Trinajstić information content (AvgIpc) is 2.80. The first-order chi connectivity index (χ1) is 9.26. The monoisotopic (exact) mass is 274 g/mol. The highest BCUT2D eigenvalue weighted by Gasteiger charge is 2.24. The first-order valence-electron chi connectivity index (χ1n) is 7.40. The number of fused-ring (bicyclic) bond motifs is 1. The van der Waals surface area contributed by atoms with E-state index in [4.69, 9.17) is 4.98 Å². The second-order valence-corrected chi connectivity index (χ2v) is 6.72. The van der Waals surface area contributed by atoms with E-state index in [-0.39, 0.29) is 0 Å². The van der Waals surface area contributed by atoms with Crippen molar-refractivity contribution in [3.05, 3.63) is 23.8 Å². The number of rotatable bonds is 3. The standard InChI is InChI=1S/C16H22N2S/c1-3-12-6-4-5-7-13(12)17-16-18-14-10-11(2)8-9-15(14)19-16/h8-10,12-13H,3-7H2,1-2H3,(H,17,18). The van der Waals surface area contributed by atoms with Gasteiger partial charge in [0.05, 0.1) is 10.2 Å². The fourth-order valence-corrected chi connectivity index (χ4v) is 4.05. The molecule has 1 aliphatic rings. The molecule has 1 aromatic heterocycles. The van der Waals surface area contributed by atoms with Gasteiger partial charge in [-0.15, -0.1) is 0 Å². The van der Waals surface area contributed by atoms with Gasteiger partial charge >= 0.3 is 0 Å². The van der Waals surface area contributed by atoms with Crippen LogP contribution in [0.1, 0.15) is 44.6 Å². The predicted octanol–water partition coefficient (Wildman–Crippen LogP) is 4.99. The lowest BCUT2D eigenvalue weighted by Gasteiger charge is -2.31. The summed E-state index contributed by atoms with van der Waals surface area (Å²) >= 11 is 1.79. The molecule has 1 heterocycles. The maximum Gasteiger partial charge on any atom is 0.184 e. The van der Waals surface area contributed by atoms with Gasteiger partial charge in [0.1, 0.15) is 0 Å². The third kappa shape index (κ3) is 2.76. The van der Waals surface area contributed by atoms with Crippen molar-refractivity contribution in [3.8, 4) is 0 Å². The molecule has 3 rings (SSSR count). The minimum absolute atomic E-state index is 0.625. The van der Waals surface area contributed by atoms with Gasteiger partial charge in [0, 0.05) is 6.04 Å². The molecule has 2 nitrogen and oxygen atoms in total. The van der Waals surface area contributed by atoms with Crippen LogP contribution in [0.15, 0.2) is 18.2 Å². The second kappa shape index (κ2) is 5.49. The summed E-state index contributed by atoms with van der Waals surface area (Å²) in [7, 11) is 0. The zero-order chi connectivity index (χ0) is 13.2. The summed E-state index contributed by atoms with van der Waals surface area (Å²) in [5.41, 5.74) is 2.42. The van der Waals surface area contributed by atoms with Gasteiger partial charge in [0.25, 0.3) is 0 Å². The van der Waals surface area contributed by atoms with Crippen molar-refractivity contribution in [1.82, 2.24) is 4.98 Å². The minimum atomic E-state index is 0.625. The third-order valence-corrected chi connectivity index (χ3v) is 5.25. The van der Waals surface area contributed by atoms with Crippen molar-refractivity contribution < 1.29 is 0 Å². The van der Waals surface area contributed by atoms with E-state index in [1.807, 2.05) is 0 Å². The van der Waals surface area contributed by atoms with Gasteiger partial charge in [-0.2, -0.15) is 0 Å². The molecule has 1 aromatic carbocycles. The van der Waals surface area contributed by atoms with Gasteiger partial charge in [0.2, 0.25) is 0 Å². The van der Waals surface area contributed by atoms with Gasteiger partial charge in [-0.05, 0) is 43.4 Å². The highest BCUT2D eigenvalue weighted by molar-refractivity contribution is 7.22. The van der Waals surface area contributed by atoms with E-state index >= 15 is 0 Å². The molecule has 1 aliphatic carbocycles. The highest BCUT2D eigenvalue weighted by Crippen LogP contribution is 2.32. The molecular formula is C16H22N2S. The molecule has 1 N–H and O–H groups in total. The summed E-state index contributed by atoms with van der Waals surface area (Å²) in [5.74, 6) is 0.822. The lowest BCUT2D eigenvalue weighted by molar-refractivity contribution is 0.317. The second-order valence-electron chi connectivity index (χ2n) is 5.69. The van der Waals surface area contributed by atoms with Gasteiger partial charge in [-0.25, -0.2) is 4.98 Å². The fraction of sp³-hybridized carbons (Fsp3) is 0.562. The lowest BCUT2D eigenvalue weighted by atomic mass is 9.83. The summed E-state index contributed by atoms with van der Waals surface area (Å²) in [6.07, 6.45) is 6.71. The van der Waals surface area contributed by atoms with Crippen molar-refractivity contribution in [2.75, 3.05) is 5.32 Å². The fourth-order valence-electron chi connectivity index (χ4n) is 3.14. The minimum Gasteiger partial charge on any atom is -0.358 e. The Bertz CT molecular complexity index is 561. The molecule has 2 aromatic rings. The number of anilines is 1. The summed E-state index contributed by atoms with van der Waals surface area (Å²) in [6.45, 7) is 4.44. The van der Waals surface area contributed by atoms with E-state index in [1.165, 1.54) is 42.4 Å². The summed E-state index contributed by atoms with van der Waals surface area (Å²) in [4.78, 5) is 4.74. The van der Waals surface area contributed by atoms with Gasteiger partial charge in [-0.3, -0.25) is 0 Å². The van der Waals surface area contributed by atoms with E-state index < -0.39 is 0 Å². The van der Waals surface area contributed by atoms with E-state index in [1.54, 1.807) is 11.3 Å². The lowest BCUT2D eigenvalue weighted by Crippen LogP contribution is -2.31. The van der Waals surface area contributed by atoms with Crippen LogP contribution in [0.3, 0.4) is 0 Å². The molecule has 3 heteroatoms. The quantitative estimate of drug-likeness (QED) is 0.853. The summed E-state index contributed by atoms with van der Waals surface area (Å²) in [5, 5.41) is 4.80. The van der Waals surface area contributed by atoms with Crippen LogP contribution in [-0.4, -0.2) is 11.0 Å². The molecule has 0 amide bonds. The molecule has 102 valence electrons. The van der Waals surface area contributed by atoms with Crippen LogP contribution in [0, 0.1) is 12.8 Å². The van der Waals surface area contributed by atoms with Crippen molar-refractivity contribution in [2.45, 2.75) is 52.0 Å². The number of hydrogen-bond acceptors (Lipinski definition) is 3. The Labute approximate surface area is 119 Å². The molecule has 0 saturated heterocycles. The van der Waals surface area contributed by atoms with Crippen LogP contribution < -0.4 is 5.32 Å².